The summed E-state index contributed by atoms with van der Waals surface area (Å²) in [5.74, 6) is -1.05. The molecule has 1 aliphatic rings. The lowest BCUT2D eigenvalue weighted by molar-refractivity contribution is -0.154. The maximum absolute atomic E-state index is 12.3. The third kappa shape index (κ3) is 6.76. The van der Waals surface area contributed by atoms with Gasteiger partial charge in [-0.05, 0) is 51.7 Å². The van der Waals surface area contributed by atoms with Gasteiger partial charge in [-0.25, -0.2) is 13.1 Å². The van der Waals surface area contributed by atoms with Gasteiger partial charge in [0.25, 0.3) is 5.91 Å². The number of likely N-dealkylation sites (tertiary alicyclic amines) is 1. The first kappa shape index (κ1) is 22.1. The van der Waals surface area contributed by atoms with Gasteiger partial charge in [0.05, 0.1) is 0 Å². The zero-order chi connectivity index (χ0) is 20.7. The van der Waals surface area contributed by atoms with Gasteiger partial charge >= 0.3 is 5.97 Å². The molecule has 154 valence electrons. The summed E-state index contributed by atoms with van der Waals surface area (Å²) in [4.78, 5) is 25.9. The van der Waals surface area contributed by atoms with E-state index in [9.17, 15) is 18.0 Å². The van der Waals surface area contributed by atoms with Gasteiger partial charge < -0.3 is 9.64 Å². The van der Waals surface area contributed by atoms with Gasteiger partial charge in [0.2, 0.25) is 10.0 Å². The van der Waals surface area contributed by atoms with E-state index in [0.29, 0.717) is 0 Å². The Hall–Kier alpha value is -2.19. The number of aryl methyl sites for hydroxylation is 1. The zero-order valence-electron chi connectivity index (χ0n) is 16.6. The Labute approximate surface area is 166 Å². The van der Waals surface area contributed by atoms with Crippen LogP contribution in [0.3, 0.4) is 0 Å². The molecule has 1 aliphatic heterocycles. The van der Waals surface area contributed by atoms with Crippen LogP contribution in [-0.4, -0.2) is 50.4 Å². The van der Waals surface area contributed by atoms with Crippen molar-refractivity contribution in [1.82, 2.24) is 9.62 Å². The molecule has 0 saturated carbocycles. The Kier molecular flexibility index (Phi) is 7.77. The van der Waals surface area contributed by atoms with Crippen LogP contribution in [0.4, 0.5) is 0 Å². The first-order valence-electron chi connectivity index (χ1n) is 9.39. The van der Waals surface area contributed by atoms with Crippen LogP contribution in [0.1, 0.15) is 44.2 Å². The standard InChI is InChI=1S/C20H28N2O5S/c1-15-7-9-18(10-8-15)11-12-28(25,26)21-13-20(24)27-14-19(23)22-16(2)5-4-6-17(22)3/h7-12,16-17,21H,4-6,13-14H2,1-3H3/b12-11+/t16-,17+. The van der Waals surface area contributed by atoms with Crippen LogP contribution in [0.15, 0.2) is 29.7 Å². The molecule has 1 fully saturated rings. The number of nitrogens with one attached hydrogen (secondary N) is 1. The first-order chi connectivity index (χ1) is 13.2. The zero-order valence-corrected chi connectivity index (χ0v) is 17.4. The van der Waals surface area contributed by atoms with Crippen molar-refractivity contribution in [2.75, 3.05) is 13.2 Å². The Bertz CT molecular complexity index is 808. The number of rotatable bonds is 7. The predicted molar refractivity (Wildman–Crippen MR) is 108 cm³/mol. The van der Waals surface area contributed by atoms with Crippen molar-refractivity contribution >= 4 is 28.0 Å². The van der Waals surface area contributed by atoms with Crippen molar-refractivity contribution in [3.8, 4) is 0 Å². The molecule has 1 heterocycles. The highest BCUT2D eigenvalue weighted by molar-refractivity contribution is 7.92. The molecular formula is C20H28N2O5S. The van der Waals surface area contributed by atoms with Crippen LogP contribution in [0, 0.1) is 6.92 Å². The highest BCUT2D eigenvalue weighted by Crippen LogP contribution is 2.22. The Morgan fingerprint density at radius 1 is 1.18 bits per heavy atom. The summed E-state index contributed by atoms with van der Waals surface area (Å²) in [6, 6.07) is 7.56. The van der Waals surface area contributed by atoms with E-state index in [1.165, 1.54) is 6.08 Å². The molecule has 1 aromatic rings. The number of benzene rings is 1. The fourth-order valence-electron chi connectivity index (χ4n) is 3.23. The number of carbonyl (C=O) groups is 2. The summed E-state index contributed by atoms with van der Waals surface area (Å²) in [5.41, 5.74) is 1.80. The van der Waals surface area contributed by atoms with Crippen LogP contribution in [0.2, 0.25) is 0 Å². The molecule has 2 atom stereocenters. The van der Waals surface area contributed by atoms with Crippen molar-refractivity contribution in [2.24, 2.45) is 0 Å². The predicted octanol–water partition coefficient (Wildman–Crippen LogP) is 2.22. The quantitative estimate of drug-likeness (QED) is 0.699. The number of ether oxygens (including phenoxy) is 1. The molecule has 7 nitrogen and oxygen atoms in total. The molecule has 0 spiro atoms. The van der Waals surface area contributed by atoms with Crippen molar-refractivity contribution in [3.63, 3.8) is 0 Å². The normalized spacial score (nSPS) is 20.3. The van der Waals surface area contributed by atoms with E-state index >= 15 is 0 Å². The Morgan fingerprint density at radius 3 is 2.39 bits per heavy atom. The van der Waals surface area contributed by atoms with E-state index in [2.05, 4.69) is 4.72 Å². The molecule has 0 radical (unpaired) electrons. The fraction of sp³-hybridized carbons (Fsp3) is 0.500. The molecule has 1 aromatic carbocycles. The smallest absolute Gasteiger partial charge is 0.321 e. The molecule has 8 heteroatoms. The maximum atomic E-state index is 12.3. The van der Waals surface area contributed by atoms with Gasteiger partial charge in [0, 0.05) is 17.5 Å². The van der Waals surface area contributed by atoms with Crippen LogP contribution < -0.4 is 4.72 Å². The number of carbonyl (C=O) groups excluding carboxylic acids is 2. The third-order valence-electron chi connectivity index (χ3n) is 4.77. The van der Waals surface area contributed by atoms with Crippen LogP contribution >= 0.6 is 0 Å². The highest BCUT2D eigenvalue weighted by atomic mass is 32.2. The van der Waals surface area contributed by atoms with Gasteiger partial charge in [-0.2, -0.15) is 0 Å². The Balaban J connectivity index is 1.79. The van der Waals surface area contributed by atoms with E-state index < -0.39 is 22.5 Å². The lowest BCUT2D eigenvalue weighted by Gasteiger charge is -2.38. The topological polar surface area (TPSA) is 92.8 Å². The number of sulfonamides is 1. The fourth-order valence-corrected chi connectivity index (χ4v) is 3.99. The minimum absolute atomic E-state index is 0.111. The summed E-state index contributed by atoms with van der Waals surface area (Å²) in [7, 11) is -3.79. The number of amides is 1. The second kappa shape index (κ2) is 9.84. The number of hydrogen-bond acceptors (Lipinski definition) is 5. The van der Waals surface area contributed by atoms with E-state index in [-0.39, 0.29) is 24.6 Å². The van der Waals surface area contributed by atoms with Gasteiger partial charge in [-0.3, -0.25) is 9.59 Å². The number of piperidine rings is 1. The summed E-state index contributed by atoms with van der Waals surface area (Å²) in [5, 5.41) is 0.993. The van der Waals surface area contributed by atoms with Crippen LogP contribution in [-0.2, 0) is 24.3 Å². The van der Waals surface area contributed by atoms with E-state index in [1.54, 1.807) is 17.0 Å². The summed E-state index contributed by atoms with van der Waals surface area (Å²) >= 11 is 0. The molecule has 2 rings (SSSR count). The molecule has 1 N–H and O–H groups in total. The molecular weight excluding hydrogens is 380 g/mol. The van der Waals surface area contributed by atoms with Crippen molar-refractivity contribution in [1.29, 1.82) is 0 Å². The second-order valence-corrected chi connectivity index (χ2v) is 8.82. The molecule has 28 heavy (non-hydrogen) atoms. The highest BCUT2D eigenvalue weighted by Gasteiger charge is 2.29. The number of esters is 1. The molecule has 1 amide bonds. The molecule has 0 aliphatic carbocycles. The average molecular weight is 409 g/mol. The van der Waals surface area contributed by atoms with E-state index in [4.69, 9.17) is 4.74 Å². The minimum atomic E-state index is -3.79. The number of nitrogens with zero attached hydrogens (tertiary/aromatic N) is 1. The summed E-state index contributed by atoms with van der Waals surface area (Å²) in [6.45, 7) is 4.98. The third-order valence-corrected chi connectivity index (χ3v) is 5.81. The van der Waals surface area contributed by atoms with Gasteiger partial charge in [0.15, 0.2) is 6.61 Å². The van der Waals surface area contributed by atoms with Crippen molar-refractivity contribution < 1.29 is 22.7 Å². The van der Waals surface area contributed by atoms with Gasteiger partial charge in [-0.15, -0.1) is 0 Å². The van der Waals surface area contributed by atoms with Crippen molar-refractivity contribution in [3.05, 3.63) is 40.8 Å². The lowest BCUT2D eigenvalue weighted by atomic mass is 9.97. The molecule has 0 aromatic heterocycles. The molecule has 1 saturated heterocycles. The molecule has 0 bridgehead atoms. The summed E-state index contributed by atoms with van der Waals surface area (Å²) < 4.78 is 31.0. The molecule has 0 unspecified atom stereocenters. The van der Waals surface area contributed by atoms with Gasteiger partial charge in [0.1, 0.15) is 6.54 Å². The van der Waals surface area contributed by atoms with E-state index in [1.807, 2.05) is 32.9 Å². The minimum Gasteiger partial charge on any atom is -0.455 e. The van der Waals surface area contributed by atoms with Gasteiger partial charge in [-0.1, -0.05) is 29.8 Å². The monoisotopic (exact) mass is 408 g/mol. The average Bonchev–Trinajstić information content (AvgIpc) is 2.64. The largest absolute Gasteiger partial charge is 0.455 e. The first-order valence-corrected chi connectivity index (χ1v) is 10.9. The van der Waals surface area contributed by atoms with Crippen LogP contribution in [0.5, 0.6) is 0 Å². The van der Waals surface area contributed by atoms with Crippen LogP contribution in [0.25, 0.3) is 6.08 Å². The SMILES string of the molecule is Cc1ccc(/C=C/S(=O)(=O)NCC(=O)OCC(=O)N2[C@H](C)CCC[C@@H]2C)cc1. The number of hydrogen-bond donors (Lipinski definition) is 1. The van der Waals surface area contributed by atoms with E-state index in [0.717, 1.165) is 35.8 Å². The Morgan fingerprint density at radius 2 is 1.79 bits per heavy atom. The second-order valence-electron chi connectivity index (χ2n) is 7.17. The van der Waals surface area contributed by atoms with Crippen molar-refractivity contribution in [2.45, 2.75) is 52.1 Å². The maximum Gasteiger partial charge on any atom is 0.321 e. The summed E-state index contributed by atoms with van der Waals surface area (Å²) in [6.07, 6.45) is 4.37. The lowest BCUT2D eigenvalue weighted by Crippen LogP contribution is -2.49.